The molecule has 1 aliphatic rings. The van der Waals surface area contributed by atoms with Gasteiger partial charge in [-0.3, -0.25) is 9.97 Å². The number of hydrogen-bond acceptors (Lipinski definition) is 7. The molecule has 0 spiro atoms. The van der Waals surface area contributed by atoms with Crippen LogP contribution in [-0.2, 0) is 0 Å². The van der Waals surface area contributed by atoms with Gasteiger partial charge < -0.3 is 10.2 Å². The second-order valence-electron chi connectivity index (χ2n) is 7.33. The SMILES string of the molecule is CC1CCN(CCCNc2ncc(-c3cnccn3)c(-c3cccs3)n2)CC1. The quantitative estimate of drug-likeness (QED) is 0.606. The fraction of sp³-hybridized carbons (Fsp3) is 0.429. The summed E-state index contributed by atoms with van der Waals surface area (Å²) in [5, 5.41) is 5.45. The van der Waals surface area contributed by atoms with Crippen molar-refractivity contribution < 1.29 is 0 Å². The Kier molecular flexibility index (Phi) is 6.24. The molecule has 0 aliphatic carbocycles. The van der Waals surface area contributed by atoms with Crippen LogP contribution in [0.15, 0.2) is 42.3 Å². The van der Waals surface area contributed by atoms with Crippen molar-refractivity contribution in [1.82, 2.24) is 24.8 Å². The largest absolute Gasteiger partial charge is 0.354 e. The third kappa shape index (κ3) is 4.72. The van der Waals surface area contributed by atoms with Crippen LogP contribution in [0.25, 0.3) is 21.8 Å². The van der Waals surface area contributed by atoms with Gasteiger partial charge in [0.2, 0.25) is 5.95 Å². The van der Waals surface area contributed by atoms with Crippen molar-refractivity contribution in [3.05, 3.63) is 42.3 Å². The van der Waals surface area contributed by atoms with Gasteiger partial charge in [-0.1, -0.05) is 13.0 Å². The highest BCUT2D eigenvalue weighted by molar-refractivity contribution is 7.13. The van der Waals surface area contributed by atoms with Crippen molar-refractivity contribution in [2.75, 3.05) is 31.5 Å². The van der Waals surface area contributed by atoms with E-state index in [2.05, 4.69) is 43.5 Å². The molecule has 3 aromatic rings. The zero-order valence-electron chi connectivity index (χ0n) is 16.2. The molecule has 4 rings (SSSR count). The number of aromatic nitrogens is 4. The predicted octanol–water partition coefficient (Wildman–Crippen LogP) is 4.20. The Bertz CT molecular complexity index is 860. The second-order valence-corrected chi connectivity index (χ2v) is 8.28. The lowest BCUT2D eigenvalue weighted by atomic mass is 9.99. The fourth-order valence-electron chi connectivity index (χ4n) is 3.48. The van der Waals surface area contributed by atoms with Gasteiger partial charge in [-0.15, -0.1) is 11.3 Å². The summed E-state index contributed by atoms with van der Waals surface area (Å²) in [5.74, 6) is 1.55. The summed E-state index contributed by atoms with van der Waals surface area (Å²) in [5.41, 5.74) is 2.60. The Morgan fingerprint density at radius 3 is 2.82 bits per heavy atom. The molecule has 146 valence electrons. The number of anilines is 1. The molecule has 0 saturated carbocycles. The predicted molar refractivity (Wildman–Crippen MR) is 114 cm³/mol. The highest BCUT2D eigenvalue weighted by Crippen LogP contribution is 2.32. The maximum atomic E-state index is 4.79. The van der Waals surface area contributed by atoms with Gasteiger partial charge in [-0.25, -0.2) is 9.97 Å². The van der Waals surface area contributed by atoms with Crippen molar-refractivity contribution in [2.24, 2.45) is 5.92 Å². The molecule has 1 aliphatic heterocycles. The summed E-state index contributed by atoms with van der Waals surface area (Å²) in [6.07, 6.45) is 10.7. The molecule has 0 radical (unpaired) electrons. The van der Waals surface area contributed by atoms with Crippen LogP contribution in [0.5, 0.6) is 0 Å². The molecule has 0 unspecified atom stereocenters. The molecule has 28 heavy (non-hydrogen) atoms. The van der Waals surface area contributed by atoms with E-state index in [1.165, 1.54) is 25.9 Å². The van der Waals surface area contributed by atoms with Crippen LogP contribution in [0, 0.1) is 5.92 Å². The van der Waals surface area contributed by atoms with Crippen LogP contribution in [0.3, 0.4) is 0 Å². The van der Waals surface area contributed by atoms with Crippen molar-refractivity contribution in [3.63, 3.8) is 0 Å². The number of hydrogen-bond donors (Lipinski definition) is 1. The van der Waals surface area contributed by atoms with Gasteiger partial charge >= 0.3 is 0 Å². The Morgan fingerprint density at radius 1 is 1.18 bits per heavy atom. The third-order valence-electron chi connectivity index (χ3n) is 5.19. The van der Waals surface area contributed by atoms with Gasteiger partial charge in [0.25, 0.3) is 0 Å². The molecule has 1 fully saturated rings. The van der Waals surface area contributed by atoms with Gasteiger partial charge in [0.15, 0.2) is 0 Å². The van der Waals surface area contributed by atoms with Crippen molar-refractivity contribution in [3.8, 4) is 21.8 Å². The molecule has 0 aromatic carbocycles. The minimum absolute atomic E-state index is 0.670. The van der Waals surface area contributed by atoms with E-state index in [1.54, 1.807) is 29.9 Å². The lowest BCUT2D eigenvalue weighted by molar-refractivity contribution is 0.192. The normalized spacial score (nSPS) is 15.6. The summed E-state index contributed by atoms with van der Waals surface area (Å²) < 4.78 is 0. The zero-order valence-corrected chi connectivity index (χ0v) is 17.0. The van der Waals surface area contributed by atoms with Crippen molar-refractivity contribution >= 4 is 17.3 Å². The number of nitrogens with zero attached hydrogens (tertiary/aromatic N) is 5. The number of nitrogens with one attached hydrogen (secondary N) is 1. The zero-order chi connectivity index (χ0) is 19.2. The summed E-state index contributed by atoms with van der Waals surface area (Å²) in [6, 6.07) is 4.11. The molecule has 0 bridgehead atoms. The lowest BCUT2D eigenvalue weighted by Crippen LogP contribution is -2.34. The van der Waals surface area contributed by atoms with Crippen molar-refractivity contribution in [2.45, 2.75) is 26.2 Å². The molecule has 0 amide bonds. The van der Waals surface area contributed by atoms with E-state index >= 15 is 0 Å². The lowest BCUT2D eigenvalue weighted by Gasteiger charge is -2.30. The Morgan fingerprint density at radius 2 is 2.07 bits per heavy atom. The number of rotatable bonds is 7. The minimum atomic E-state index is 0.670. The first-order chi connectivity index (χ1) is 13.8. The summed E-state index contributed by atoms with van der Waals surface area (Å²) in [7, 11) is 0. The van der Waals surface area contributed by atoms with E-state index < -0.39 is 0 Å². The first kappa shape index (κ1) is 19.0. The van der Waals surface area contributed by atoms with E-state index in [4.69, 9.17) is 4.98 Å². The molecule has 0 atom stereocenters. The standard InChI is InChI=1S/C21H26N6S/c1-16-5-11-27(12-6-16)10-3-7-24-21-25-14-17(18-15-22-8-9-23-18)20(26-21)19-4-2-13-28-19/h2,4,8-9,13-16H,3,5-7,10-12H2,1H3,(H,24,25,26). The van der Waals surface area contributed by atoms with Crippen LogP contribution < -0.4 is 5.32 Å². The molecule has 1 saturated heterocycles. The third-order valence-corrected chi connectivity index (χ3v) is 6.07. The number of thiophene rings is 1. The topological polar surface area (TPSA) is 66.8 Å². The first-order valence-electron chi connectivity index (χ1n) is 9.93. The van der Waals surface area contributed by atoms with E-state index in [0.29, 0.717) is 5.95 Å². The average molecular weight is 395 g/mol. The summed E-state index contributed by atoms with van der Waals surface area (Å²) in [6.45, 7) is 6.82. The van der Waals surface area contributed by atoms with Gasteiger partial charge in [-0.2, -0.15) is 0 Å². The second kappa shape index (κ2) is 9.21. The molecule has 7 heteroatoms. The van der Waals surface area contributed by atoms with E-state index in [0.717, 1.165) is 47.3 Å². The minimum Gasteiger partial charge on any atom is -0.354 e. The summed E-state index contributed by atoms with van der Waals surface area (Å²) in [4.78, 5) is 21.6. The highest BCUT2D eigenvalue weighted by atomic mass is 32.1. The van der Waals surface area contributed by atoms with Gasteiger partial charge in [-0.05, 0) is 56.3 Å². The van der Waals surface area contributed by atoms with Crippen LogP contribution in [-0.4, -0.2) is 51.0 Å². The van der Waals surface area contributed by atoms with Crippen LogP contribution in [0.2, 0.25) is 0 Å². The Balaban J connectivity index is 1.41. The Hall–Kier alpha value is -2.38. The number of likely N-dealkylation sites (tertiary alicyclic amines) is 1. The van der Waals surface area contributed by atoms with Crippen LogP contribution >= 0.6 is 11.3 Å². The smallest absolute Gasteiger partial charge is 0.223 e. The van der Waals surface area contributed by atoms with E-state index in [-0.39, 0.29) is 0 Å². The van der Waals surface area contributed by atoms with Gasteiger partial charge in [0, 0.05) is 30.7 Å². The van der Waals surface area contributed by atoms with Gasteiger partial charge in [0.05, 0.1) is 22.5 Å². The first-order valence-corrected chi connectivity index (χ1v) is 10.8. The Labute approximate surface area is 170 Å². The molecule has 1 N–H and O–H groups in total. The maximum absolute atomic E-state index is 4.79. The molecule has 4 heterocycles. The number of piperidine rings is 1. The van der Waals surface area contributed by atoms with Gasteiger partial charge in [0.1, 0.15) is 0 Å². The molecular formula is C21H26N6S. The van der Waals surface area contributed by atoms with E-state index in [1.807, 2.05) is 12.3 Å². The average Bonchev–Trinajstić information content (AvgIpc) is 3.28. The maximum Gasteiger partial charge on any atom is 0.223 e. The van der Waals surface area contributed by atoms with Crippen molar-refractivity contribution in [1.29, 1.82) is 0 Å². The monoisotopic (exact) mass is 394 g/mol. The van der Waals surface area contributed by atoms with Crippen LogP contribution in [0.1, 0.15) is 26.2 Å². The molecule has 3 aromatic heterocycles. The van der Waals surface area contributed by atoms with Crippen LogP contribution in [0.4, 0.5) is 5.95 Å². The fourth-order valence-corrected chi connectivity index (χ4v) is 4.21. The molecule has 6 nitrogen and oxygen atoms in total. The van der Waals surface area contributed by atoms with E-state index in [9.17, 15) is 0 Å². The molecular weight excluding hydrogens is 368 g/mol. The summed E-state index contributed by atoms with van der Waals surface area (Å²) >= 11 is 1.67. The highest BCUT2D eigenvalue weighted by Gasteiger charge is 2.16.